The molecule has 4 rings (SSSR count). The number of hydrogen-bond donors (Lipinski definition) is 0. The van der Waals surface area contributed by atoms with Gasteiger partial charge in [-0.25, -0.2) is 9.18 Å². The van der Waals surface area contributed by atoms with Gasteiger partial charge in [0.1, 0.15) is 5.82 Å². The number of carbonyl (C=O) groups is 1. The maximum absolute atomic E-state index is 13.2. The number of Topliss-reactive ketones (excluding diaryl/α,β-unsaturated/α-hetero) is 1. The zero-order valence-corrected chi connectivity index (χ0v) is 16.5. The van der Waals surface area contributed by atoms with Crippen LogP contribution in [0.4, 0.5) is 4.39 Å². The lowest BCUT2D eigenvalue weighted by Crippen LogP contribution is -2.41. The van der Waals surface area contributed by atoms with E-state index < -0.39 is 17.1 Å². The van der Waals surface area contributed by atoms with E-state index >= 15 is 0 Å². The van der Waals surface area contributed by atoms with Crippen molar-refractivity contribution in [2.75, 3.05) is 0 Å². The maximum atomic E-state index is 13.2. The van der Waals surface area contributed by atoms with E-state index in [1.54, 1.807) is 48.5 Å². The number of rotatable bonds is 5. The third-order valence-corrected chi connectivity index (χ3v) is 5.11. The third kappa shape index (κ3) is 3.82. The molecule has 0 saturated heterocycles. The Morgan fingerprint density at radius 3 is 2.23 bits per heavy atom. The van der Waals surface area contributed by atoms with Gasteiger partial charge < -0.3 is 0 Å². The lowest BCUT2D eigenvalue weighted by atomic mass is 10.1. The van der Waals surface area contributed by atoms with Crippen molar-refractivity contribution in [2.45, 2.75) is 13.1 Å². The van der Waals surface area contributed by atoms with E-state index in [9.17, 15) is 18.8 Å². The first-order valence-electron chi connectivity index (χ1n) is 9.19. The predicted octanol–water partition coefficient (Wildman–Crippen LogP) is 3.89. The van der Waals surface area contributed by atoms with Crippen molar-refractivity contribution in [3.8, 4) is 0 Å². The Kier molecular flexibility index (Phi) is 5.33. The van der Waals surface area contributed by atoms with Gasteiger partial charge in [-0.05, 0) is 54.1 Å². The zero-order valence-electron chi connectivity index (χ0n) is 15.7. The first-order valence-corrected chi connectivity index (χ1v) is 9.57. The highest BCUT2D eigenvalue weighted by Gasteiger charge is 2.16. The molecule has 5 nitrogen and oxygen atoms in total. The summed E-state index contributed by atoms with van der Waals surface area (Å²) in [5.74, 6) is -0.815. The molecule has 1 heterocycles. The Morgan fingerprint density at radius 1 is 0.867 bits per heavy atom. The minimum absolute atomic E-state index is 0.0460. The van der Waals surface area contributed by atoms with Gasteiger partial charge in [0.25, 0.3) is 5.56 Å². The topological polar surface area (TPSA) is 61.1 Å². The maximum Gasteiger partial charge on any atom is 0.332 e. The van der Waals surface area contributed by atoms with E-state index in [-0.39, 0.29) is 24.4 Å². The summed E-state index contributed by atoms with van der Waals surface area (Å²) in [6, 6.07) is 18.6. The van der Waals surface area contributed by atoms with Crippen LogP contribution in [0, 0.1) is 5.82 Å². The summed E-state index contributed by atoms with van der Waals surface area (Å²) < 4.78 is 15.5. The van der Waals surface area contributed by atoms with E-state index in [0.29, 0.717) is 15.9 Å². The summed E-state index contributed by atoms with van der Waals surface area (Å²) in [6.07, 6.45) is 0. The van der Waals surface area contributed by atoms with Gasteiger partial charge in [0.2, 0.25) is 0 Å². The Morgan fingerprint density at radius 2 is 1.53 bits per heavy atom. The fourth-order valence-electron chi connectivity index (χ4n) is 3.31. The molecule has 0 atom stereocenters. The highest BCUT2D eigenvalue weighted by Crippen LogP contribution is 2.12. The molecule has 0 bridgehead atoms. The van der Waals surface area contributed by atoms with E-state index in [2.05, 4.69) is 0 Å². The van der Waals surface area contributed by atoms with Crippen LogP contribution < -0.4 is 11.2 Å². The van der Waals surface area contributed by atoms with Crippen LogP contribution in [0.1, 0.15) is 15.9 Å². The van der Waals surface area contributed by atoms with Gasteiger partial charge in [0.05, 0.1) is 24.0 Å². The Balaban J connectivity index is 1.83. The van der Waals surface area contributed by atoms with Crippen LogP contribution in [-0.4, -0.2) is 14.9 Å². The average molecular weight is 423 g/mol. The normalized spacial score (nSPS) is 11.0. The first kappa shape index (κ1) is 19.8. The highest BCUT2D eigenvalue weighted by molar-refractivity contribution is 6.30. The summed E-state index contributed by atoms with van der Waals surface area (Å²) in [6.45, 7) is -0.226. The molecule has 150 valence electrons. The van der Waals surface area contributed by atoms with Gasteiger partial charge in [-0.3, -0.25) is 18.7 Å². The number of nitrogens with zero attached hydrogens (tertiary/aromatic N) is 2. The fourth-order valence-corrected chi connectivity index (χ4v) is 3.43. The van der Waals surface area contributed by atoms with Gasteiger partial charge >= 0.3 is 5.69 Å². The number of fused-ring (bicyclic) bond motifs is 1. The van der Waals surface area contributed by atoms with Gasteiger partial charge in [-0.1, -0.05) is 35.9 Å². The second-order valence-electron chi connectivity index (χ2n) is 6.83. The number of para-hydroxylation sites is 1. The van der Waals surface area contributed by atoms with Crippen LogP contribution in [0.15, 0.2) is 82.4 Å². The van der Waals surface area contributed by atoms with Crippen LogP contribution >= 0.6 is 11.6 Å². The standard InChI is InChI=1S/C23H16ClFN2O3/c24-17-9-5-15(6-10-17)13-27-22(29)19-3-1-2-4-20(19)26(23(27)30)14-21(28)16-7-11-18(25)12-8-16/h1-12H,13-14H2. The first-order chi connectivity index (χ1) is 14.4. The lowest BCUT2D eigenvalue weighted by molar-refractivity contribution is 0.0971. The largest absolute Gasteiger partial charge is 0.332 e. The molecule has 4 aromatic rings. The minimum atomic E-state index is -0.593. The molecule has 0 amide bonds. The van der Waals surface area contributed by atoms with Crippen LogP contribution in [0.2, 0.25) is 5.02 Å². The van der Waals surface area contributed by atoms with Crippen molar-refractivity contribution in [2.24, 2.45) is 0 Å². The molecule has 7 heteroatoms. The van der Waals surface area contributed by atoms with Crippen molar-refractivity contribution in [3.63, 3.8) is 0 Å². The van der Waals surface area contributed by atoms with E-state index in [0.717, 1.165) is 10.1 Å². The number of halogens is 2. The average Bonchev–Trinajstić information content (AvgIpc) is 2.76. The Bertz CT molecular complexity index is 1360. The Labute approximate surface area is 175 Å². The Hall–Kier alpha value is -3.51. The van der Waals surface area contributed by atoms with Crippen molar-refractivity contribution in [3.05, 3.63) is 116 Å². The predicted molar refractivity (Wildman–Crippen MR) is 114 cm³/mol. The molecule has 3 aromatic carbocycles. The smallest absolute Gasteiger partial charge is 0.292 e. The van der Waals surface area contributed by atoms with Crippen LogP contribution in [0.25, 0.3) is 10.9 Å². The second-order valence-corrected chi connectivity index (χ2v) is 7.27. The monoisotopic (exact) mass is 422 g/mol. The quantitative estimate of drug-likeness (QED) is 0.458. The molecule has 0 unspecified atom stereocenters. The van der Waals surface area contributed by atoms with E-state index in [1.165, 1.54) is 28.8 Å². The molecule has 0 fully saturated rings. The molecule has 0 spiro atoms. The molecular formula is C23H16ClFN2O3. The highest BCUT2D eigenvalue weighted by atomic mass is 35.5. The molecular weight excluding hydrogens is 407 g/mol. The van der Waals surface area contributed by atoms with Crippen LogP contribution in [-0.2, 0) is 13.1 Å². The van der Waals surface area contributed by atoms with E-state index in [1.807, 2.05) is 0 Å². The zero-order chi connectivity index (χ0) is 21.3. The number of carbonyl (C=O) groups excluding carboxylic acids is 1. The van der Waals surface area contributed by atoms with Gasteiger partial charge in [0, 0.05) is 10.6 Å². The summed E-state index contributed by atoms with van der Waals surface area (Å²) in [5.41, 5.74) is 0.351. The van der Waals surface area contributed by atoms with Crippen molar-refractivity contribution < 1.29 is 9.18 Å². The second kappa shape index (κ2) is 8.08. The molecule has 0 aliphatic rings. The molecule has 30 heavy (non-hydrogen) atoms. The molecule has 1 aromatic heterocycles. The lowest BCUT2D eigenvalue weighted by Gasteiger charge is -2.14. The summed E-state index contributed by atoms with van der Waals surface area (Å²) in [7, 11) is 0. The number of hydrogen-bond acceptors (Lipinski definition) is 3. The van der Waals surface area contributed by atoms with Crippen LogP contribution in [0.3, 0.4) is 0 Å². The fraction of sp³-hybridized carbons (Fsp3) is 0.0870. The van der Waals surface area contributed by atoms with Gasteiger partial charge in [-0.2, -0.15) is 0 Å². The molecule has 0 N–H and O–H groups in total. The third-order valence-electron chi connectivity index (χ3n) is 4.85. The summed E-state index contributed by atoms with van der Waals surface area (Å²) in [4.78, 5) is 38.9. The number of aromatic nitrogens is 2. The SMILES string of the molecule is O=C(Cn1c(=O)n(Cc2ccc(Cl)cc2)c(=O)c2ccccc21)c1ccc(F)cc1. The van der Waals surface area contributed by atoms with Gasteiger partial charge in [0.15, 0.2) is 5.78 Å². The van der Waals surface area contributed by atoms with Crippen molar-refractivity contribution in [1.82, 2.24) is 9.13 Å². The number of benzene rings is 3. The van der Waals surface area contributed by atoms with E-state index in [4.69, 9.17) is 11.6 Å². The summed E-state index contributed by atoms with van der Waals surface area (Å²) >= 11 is 5.91. The molecule has 0 aliphatic carbocycles. The molecule has 0 saturated carbocycles. The van der Waals surface area contributed by atoms with Crippen molar-refractivity contribution in [1.29, 1.82) is 0 Å². The summed E-state index contributed by atoms with van der Waals surface area (Å²) in [5, 5.41) is 0.880. The van der Waals surface area contributed by atoms with Crippen molar-refractivity contribution >= 4 is 28.3 Å². The van der Waals surface area contributed by atoms with Gasteiger partial charge in [-0.15, -0.1) is 0 Å². The molecule has 0 aliphatic heterocycles. The molecule has 0 radical (unpaired) electrons. The minimum Gasteiger partial charge on any atom is -0.292 e. The number of ketones is 1. The van der Waals surface area contributed by atoms with Crippen LogP contribution in [0.5, 0.6) is 0 Å².